The first-order chi connectivity index (χ1) is 12.5. The number of aromatic nitrogens is 3. The van der Waals surface area contributed by atoms with Gasteiger partial charge < -0.3 is 20.9 Å². The van der Waals surface area contributed by atoms with Gasteiger partial charge in [0.15, 0.2) is 0 Å². The third kappa shape index (κ3) is 3.85. The van der Waals surface area contributed by atoms with E-state index in [1.54, 1.807) is 19.2 Å². The Kier molecular flexibility index (Phi) is 5.51. The first kappa shape index (κ1) is 18.3. The van der Waals surface area contributed by atoms with Crippen LogP contribution >= 0.6 is 23.2 Å². The van der Waals surface area contributed by atoms with Crippen molar-refractivity contribution in [1.82, 2.24) is 14.8 Å². The van der Waals surface area contributed by atoms with Gasteiger partial charge in [0.1, 0.15) is 12.4 Å². The van der Waals surface area contributed by atoms with E-state index in [0.717, 1.165) is 11.3 Å². The minimum atomic E-state index is 0.0721. The highest BCUT2D eigenvalue weighted by atomic mass is 35.5. The molecule has 26 heavy (non-hydrogen) atoms. The lowest BCUT2D eigenvalue weighted by Gasteiger charge is -2.12. The number of hydrogen-bond donors (Lipinski definition) is 2. The third-order valence-electron chi connectivity index (χ3n) is 3.62. The number of hydrogen-bond acceptors (Lipinski definition) is 6. The van der Waals surface area contributed by atoms with Crippen LogP contribution in [0.15, 0.2) is 36.4 Å². The summed E-state index contributed by atoms with van der Waals surface area (Å²) < 4.78 is 11.9. The average Bonchev–Trinajstić information content (AvgIpc) is 2.94. The highest BCUT2D eigenvalue weighted by molar-refractivity contribution is 6.39. The number of benzene rings is 2. The lowest BCUT2D eigenvalue weighted by Crippen LogP contribution is -2.04. The van der Waals surface area contributed by atoms with Crippen molar-refractivity contribution < 1.29 is 9.47 Å². The van der Waals surface area contributed by atoms with Crippen LogP contribution in [0.2, 0.25) is 10.0 Å². The molecule has 1 heterocycles. The molecule has 7 nitrogen and oxygen atoms in total. The summed E-state index contributed by atoms with van der Waals surface area (Å²) in [5.74, 6) is 0.961. The van der Waals surface area contributed by atoms with Gasteiger partial charge in [-0.15, -0.1) is 5.10 Å². The second kappa shape index (κ2) is 7.82. The Labute approximate surface area is 160 Å². The van der Waals surface area contributed by atoms with Crippen LogP contribution in [-0.4, -0.2) is 35.1 Å². The van der Waals surface area contributed by atoms with Crippen molar-refractivity contribution >= 4 is 35.1 Å². The minimum Gasteiger partial charge on any atom is -0.491 e. The van der Waals surface area contributed by atoms with Crippen molar-refractivity contribution in [2.75, 3.05) is 31.8 Å². The number of methoxy groups -OCH3 is 1. The summed E-state index contributed by atoms with van der Waals surface area (Å²) in [5.41, 5.74) is 13.5. The van der Waals surface area contributed by atoms with Crippen LogP contribution in [0, 0.1) is 0 Å². The van der Waals surface area contributed by atoms with E-state index in [1.165, 1.54) is 4.68 Å². The molecule has 1 aromatic heterocycles. The molecule has 0 radical (unpaired) electrons. The van der Waals surface area contributed by atoms with Crippen LogP contribution in [0.5, 0.6) is 5.75 Å². The monoisotopic (exact) mass is 393 g/mol. The maximum Gasteiger partial charge on any atom is 0.241 e. The number of nitrogen functional groups attached to an aromatic ring is 2. The maximum absolute atomic E-state index is 6.45. The summed E-state index contributed by atoms with van der Waals surface area (Å²) in [7, 11) is 1.63. The summed E-state index contributed by atoms with van der Waals surface area (Å²) in [6.45, 7) is 1.01. The van der Waals surface area contributed by atoms with E-state index in [9.17, 15) is 0 Å². The van der Waals surface area contributed by atoms with Gasteiger partial charge in [0.05, 0.1) is 22.3 Å². The van der Waals surface area contributed by atoms with Gasteiger partial charge in [-0.1, -0.05) is 35.3 Å². The lowest BCUT2D eigenvalue weighted by atomic mass is 10.0. The van der Waals surface area contributed by atoms with E-state index in [1.807, 2.05) is 24.3 Å². The fourth-order valence-electron chi connectivity index (χ4n) is 2.45. The summed E-state index contributed by atoms with van der Waals surface area (Å²) in [6.07, 6.45) is 0. The molecule has 9 heteroatoms. The number of anilines is 2. The number of ether oxygens (including phenoxy) is 2. The lowest BCUT2D eigenvalue weighted by molar-refractivity contribution is 0.146. The van der Waals surface area contributed by atoms with Crippen molar-refractivity contribution in [2.24, 2.45) is 0 Å². The smallest absolute Gasteiger partial charge is 0.241 e. The van der Waals surface area contributed by atoms with E-state index in [0.29, 0.717) is 34.5 Å². The van der Waals surface area contributed by atoms with Crippen LogP contribution in [0.4, 0.5) is 11.9 Å². The molecular weight excluding hydrogens is 377 g/mol. The summed E-state index contributed by atoms with van der Waals surface area (Å²) in [5, 5.41) is 4.93. The van der Waals surface area contributed by atoms with E-state index in [2.05, 4.69) is 10.1 Å². The van der Waals surface area contributed by atoms with Crippen LogP contribution in [0.1, 0.15) is 0 Å². The highest BCUT2D eigenvalue weighted by Gasteiger charge is 2.14. The second-order valence-electron chi connectivity index (χ2n) is 5.39. The van der Waals surface area contributed by atoms with E-state index >= 15 is 0 Å². The van der Waals surface area contributed by atoms with Crippen molar-refractivity contribution in [2.45, 2.75) is 0 Å². The molecule has 0 aliphatic heterocycles. The largest absolute Gasteiger partial charge is 0.491 e. The van der Waals surface area contributed by atoms with Crippen molar-refractivity contribution in [3.05, 3.63) is 46.4 Å². The second-order valence-corrected chi connectivity index (χ2v) is 6.20. The predicted octanol–water partition coefficient (Wildman–Crippen LogP) is 3.43. The minimum absolute atomic E-state index is 0.0721. The van der Waals surface area contributed by atoms with Gasteiger partial charge in [-0.2, -0.15) is 9.67 Å². The van der Waals surface area contributed by atoms with Crippen LogP contribution < -0.4 is 16.2 Å². The molecule has 0 fully saturated rings. The van der Waals surface area contributed by atoms with E-state index in [4.69, 9.17) is 44.1 Å². The Morgan fingerprint density at radius 3 is 2.23 bits per heavy atom. The number of halogens is 2. The van der Waals surface area contributed by atoms with Crippen molar-refractivity contribution in [1.29, 1.82) is 0 Å². The summed E-state index contributed by atoms with van der Waals surface area (Å²) in [4.78, 5) is 3.87. The average molecular weight is 394 g/mol. The van der Waals surface area contributed by atoms with Crippen molar-refractivity contribution in [3.63, 3.8) is 0 Å². The van der Waals surface area contributed by atoms with Crippen LogP contribution in [0.25, 0.3) is 16.8 Å². The van der Waals surface area contributed by atoms with Gasteiger partial charge >= 0.3 is 0 Å². The SMILES string of the molecule is COCCOc1ccc(-c2c(Cl)cc(-n3nc(N)nc3N)cc2Cl)cc1. The van der Waals surface area contributed by atoms with Gasteiger partial charge in [0, 0.05) is 12.7 Å². The van der Waals surface area contributed by atoms with Gasteiger partial charge in [-0.25, -0.2) is 0 Å². The zero-order valence-corrected chi connectivity index (χ0v) is 15.5. The molecule has 0 aliphatic carbocycles. The van der Waals surface area contributed by atoms with E-state index < -0.39 is 0 Å². The van der Waals surface area contributed by atoms with Gasteiger partial charge in [0.25, 0.3) is 0 Å². The zero-order valence-electron chi connectivity index (χ0n) is 13.9. The Bertz CT molecular complexity index is 889. The molecule has 0 bridgehead atoms. The topological polar surface area (TPSA) is 101 Å². The Balaban J connectivity index is 1.90. The maximum atomic E-state index is 6.45. The first-order valence-electron chi connectivity index (χ1n) is 7.69. The quantitative estimate of drug-likeness (QED) is 0.622. The molecule has 4 N–H and O–H groups in total. The Hall–Kier alpha value is -2.48. The highest BCUT2D eigenvalue weighted by Crippen LogP contribution is 2.37. The fraction of sp³-hybridized carbons (Fsp3) is 0.176. The van der Waals surface area contributed by atoms with Gasteiger partial charge in [-0.3, -0.25) is 0 Å². The van der Waals surface area contributed by atoms with Gasteiger partial charge in [0.2, 0.25) is 11.9 Å². The molecule has 0 spiro atoms. The molecule has 3 rings (SSSR count). The summed E-state index contributed by atoms with van der Waals surface area (Å²) >= 11 is 12.9. The number of rotatable bonds is 6. The van der Waals surface area contributed by atoms with Gasteiger partial charge in [-0.05, 0) is 29.8 Å². The van der Waals surface area contributed by atoms with E-state index in [-0.39, 0.29) is 11.9 Å². The molecule has 3 aromatic rings. The number of nitrogens with zero attached hydrogens (tertiary/aromatic N) is 3. The Morgan fingerprint density at radius 1 is 1.04 bits per heavy atom. The molecule has 0 unspecified atom stereocenters. The molecule has 0 saturated carbocycles. The fourth-order valence-corrected chi connectivity index (χ4v) is 3.14. The predicted molar refractivity (Wildman–Crippen MR) is 103 cm³/mol. The zero-order chi connectivity index (χ0) is 18.7. The normalized spacial score (nSPS) is 10.9. The molecule has 2 aromatic carbocycles. The molecule has 136 valence electrons. The first-order valence-corrected chi connectivity index (χ1v) is 8.45. The molecular formula is C17H17Cl2N5O2. The molecule has 0 aliphatic rings. The third-order valence-corrected chi connectivity index (χ3v) is 4.22. The standard InChI is InChI=1S/C17H17Cl2N5O2/c1-25-6-7-26-12-4-2-10(3-5-12)15-13(18)8-11(9-14(15)19)24-17(21)22-16(20)23-24/h2-5,8-9H,6-7H2,1H3,(H4,20,21,22,23). The van der Waals surface area contributed by atoms with Crippen LogP contribution in [-0.2, 0) is 4.74 Å². The van der Waals surface area contributed by atoms with Crippen LogP contribution in [0.3, 0.4) is 0 Å². The number of nitrogens with two attached hydrogens (primary N) is 2. The Morgan fingerprint density at radius 2 is 1.69 bits per heavy atom. The summed E-state index contributed by atoms with van der Waals surface area (Å²) in [6, 6.07) is 10.9. The van der Waals surface area contributed by atoms with Crippen molar-refractivity contribution in [3.8, 4) is 22.6 Å². The molecule has 0 atom stereocenters. The molecule has 0 saturated heterocycles. The molecule has 0 amide bonds.